The lowest BCUT2D eigenvalue weighted by Crippen LogP contribution is -2.08. The molecule has 1 aromatic rings. The molecule has 4 heteroatoms. The SMILES string of the molecule is CCOc1cccc(C(=O)O)c1OCCC(C)C. The highest BCUT2D eigenvalue weighted by atomic mass is 16.5. The Morgan fingerprint density at radius 3 is 2.61 bits per heavy atom. The average molecular weight is 252 g/mol. The van der Waals surface area contributed by atoms with Crippen molar-refractivity contribution in [1.29, 1.82) is 0 Å². The van der Waals surface area contributed by atoms with Crippen LogP contribution >= 0.6 is 0 Å². The molecule has 1 N–H and O–H groups in total. The van der Waals surface area contributed by atoms with E-state index in [1.165, 1.54) is 6.07 Å². The molecule has 4 nitrogen and oxygen atoms in total. The number of ether oxygens (including phenoxy) is 2. The highest BCUT2D eigenvalue weighted by Crippen LogP contribution is 2.31. The predicted octanol–water partition coefficient (Wildman–Crippen LogP) is 3.21. The van der Waals surface area contributed by atoms with Gasteiger partial charge < -0.3 is 14.6 Å². The standard InChI is InChI=1S/C14H20O4/c1-4-17-12-7-5-6-11(14(15)16)13(12)18-9-8-10(2)3/h5-7,10H,4,8-9H2,1-3H3,(H,15,16). The molecule has 0 radical (unpaired) electrons. The largest absolute Gasteiger partial charge is 0.490 e. The Morgan fingerprint density at radius 1 is 1.33 bits per heavy atom. The van der Waals surface area contributed by atoms with Gasteiger partial charge in [-0.3, -0.25) is 0 Å². The number of hydrogen-bond donors (Lipinski definition) is 1. The third kappa shape index (κ3) is 3.95. The molecule has 0 heterocycles. The van der Waals surface area contributed by atoms with Crippen LogP contribution in [0.5, 0.6) is 11.5 Å². The molecule has 0 fully saturated rings. The number of rotatable bonds is 7. The molecular weight excluding hydrogens is 232 g/mol. The fourth-order valence-electron chi connectivity index (χ4n) is 1.50. The maximum absolute atomic E-state index is 11.1. The highest BCUT2D eigenvalue weighted by Gasteiger charge is 2.16. The normalized spacial score (nSPS) is 10.4. The van der Waals surface area contributed by atoms with Crippen molar-refractivity contribution in [2.45, 2.75) is 27.2 Å². The molecule has 18 heavy (non-hydrogen) atoms. The van der Waals surface area contributed by atoms with E-state index < -0.39 is 5.97 Å². The molecule has 0 amide bonds. The maximum Gasteiger partial charge on any atom is 0.339 e. The number of carboxylic acid groups (broad SMARTS) is 1. The molecule has 0 spiro atoms. The van der Waals surface area contributed by atoms with Crippen LogP contribution in [0.25, 0.3) is 0 Å². The van der Waals surface area contributed by atoms with Gasteiger partial charge in [0.05, 0.1) is 13.2 Å². The zero-order valence-corrected chi connectivity index (χ0v) is 11.1. The molecule has 0 aliphatic rings. The molecule has 0 atom stereocenters. The minimum Gasteiger partial charge on any atom is -0.490 e. The average Bonchev–Trinajstić information content (AvgIpc) is 2.30. The second-order valence-electron chi connectivity index (χ2n) is 4.40. The van der Waals surface area contributed by atoms with Crippen molar-refractivity contribution in [1.82, 2.24) is 0 Å². The van der Waals surface area contributed by atoms with Crippen molar-refractivity contribution in [3.8, 4) is 11.5 Å². The van der Waals surface area contributed by atoms with E-state index in [0.29, 0.717) is 30.6 Å². The third-order valence-corrected chi connectivity index (χ3v) is 2.45. The van der Waals surface area contributed by atoms with Gasteiger partial charge in [0.1, 0.15) is 5.56 Å². The van der Waals surface area contributed by atoms with E-state index in [4.69, 9.17) is 14.6 Å². The van der Waals surface area contributed by atoms with E-state index in [0.717, 1.165) is 6.42 Å². The molecule has 1 rings (SSSR count). The highest BCUT2D eigenvalue weighted by molar-refractivity contribution is 5.92. The van der Waals surface area contributed by atoms with Crippen LogP contribution in [0.15, 0.2) is 18.2 Å². The summed E-state index contributed by atoms with van der Waals surface area (Å²) < 4.78 is 11.0. The number of hydrogen-bond acceptors (Lipinski definition) is 3. The van der Waals surface area contributed by atoms with Gasteiger partial charge in [-0.05, 0) is 31.4 Å². The van der Waals surface area contributed by atoms with Gasteiger partial charge >= 0.3 is 5.97 Å². The maximum atomic E-state index is 11.1. The van der Waals surface area contributed by atoms with Crippen molar-refractivity contribution < 1.29 is 19.4 Å². The first-order chi connectivity index (χ1) is 8.56. The summed E-state index contributed by atoms with van der Waals surface area (Å²) in [6.45, 7) is 7.00. The van der Waals surface area contributed by atoms with Gasteiger partial charge in [0.15, 0.2) is 11.5 Å². The van der Waals surface area contributed by atoms with Gasteiger partial charge in [-0.15, -0.1) is 0 Å². The lowest BCUT2D eigenvalue weighted by molar-refractivity contribution is 0.0691. The lowest BCUT2D eigenvalue weighted by Gasteiger charge is -2.14. The molecule has 1 aromatic carbocycles. The molecule has 0 aromatic heterocycles. The Bertz CT molecular complexity index is 399. The summed E-state index contributed by atoms with van der Waals surface area (Å²) in [4.78, 5) is 11.1. The first-order valence-corrected chi connectivity index (χ1v) is 6.18. The Kier molecular flexibility index (Phi) is 5.49. The van der Waals surface area contributed by atoms with Crippen molar-refractivity contribution in [3.63, 3.8) is 0 Å². The molecule has 0 bridgehead atoms. The molecule has 100 valence electrons. The molecule has 0 aliphatic carbocycles. The minimum atomic E-state index is -1.00. The van der Waals surface area contributed by atoms with Gasteiger partial charge in [0.25, 0.3) is 0 Å². The number of carboxylic acids is 1. The van der Waals surface area contributed by atoms with Crippen LogP contribution in [0.3, 0.4) is 0 Å². The summed E-state index contributed by atoms with van der Waals surface area (Å²) in [5, 5.41) is 9.13. The molecule has 0 saturated heterocycles. The summed E-state index contributed by atoms with van der Waals surface area (Å²) in [5.41, 5.74) is 0.143. The van der Waals surface area contributed by atoms with Crippen molar-refractivity contribution in [2.24, 2.45) is 5.92 Å². The summed E-state index contributed by atoms with van der Waals surface area (Å²) >= 11 is 0. The first-order valence-electron chi connectivity index (χ1n) is 6.18. The molecular formula is C14H20O4. The number of aromatic carboxylic acids is 1. The zero-order valence-electron chi connectivity index (χ0n) is 11.1. The zero-order chi connectivity index (χ0) is 13.5. The number of benzene rings is 1. The number of carbonyl (C=O) groups is 1. The van der Waals surface area contributed by atoms with E-state index in [9.17, 15) is 4.79 Å². The Balaban J connectivity index is 2.91. The Hall–Kier alpha value is -1.71. The Labute approximate surface area is 108 Å². The van der Waals surface area contributed by atoms with E-state index in [1.807, 2.05) is 6.92 Å². The third-order valence-electron chi connectivity index (χ3n) is 2.45. The van der Waals surface area contributed by atoms with Gasteiger partial charge in [0.2, 0.25) is 0 Å². The molecule has 0 unspecified atom stereocenters. The van der Waals surface area contributed by atoms with E-state index in [1.54, 1.807) is 12.1 Å². The van der Waals surface area contributed by atoms with E-state index in [2.05, 4.69) is 13.8 Å². The van der Waals surface area contributed by atoms with Crippen LogP contribution in [0.2, 0.25) is 0 Å². The summed E-state index contributed by atoms with van der Waals surface area (Å²) in [6.07, 6.45) is 0.875. The monoisotopic (exact) mass is 252 g/mol. The van der Waals surface area contributed by atoms with Crippen LogP contribution in [-0.2, 0) is 0 Å². The fourth-order valence-corrected chi connectivity index (χ4v) is 1.50. The number of para-hydroxylation sites is 1. The Morgan fingerprint density at radius 2 is 2.06 bits per heavy atom. The fraction of sp³-hybridized carbons (Fsp3) is 0.500. The lowest BCUT2D eigenvalue weighted by atomic mass is 10.1. The van der Waals surface area contributed by atoms with Crippen molar-refractivity contribution in [2.75, 3.05) is 13.2 Å². The molecule has 0 aliphatic heterocycles. The van der Waals surface area contributed by atoms with Crippen molar-refractivity contribution >= 4 is 5.97 Å². The second kappa shape index (κ2) is 6.89. The first kappa shape index (κ1) is 14.4. The van der Waals surface area contributed by atoms with Gasteiger partial charge in [-0.2, -0.15) is 0 Å². The smallest absolute Gasteiger partial charge is 0.339 e. The van der Waals surface area contributed by atoms with Crippen molar-refractivity contribution in [3.05, 3.63) is 23.8 Å². The van der Waals surface area contributed by atoms with E-state index >= 15 is 0 Å². The molecule has 0 saturated carbocycles. The van der Waals surface area contributed by atoms with Crippen LogP contribution in [0.4, 0.5) is 0 Å². The van der Waals surface area contributed by atoms with Crippen LogP contribution in [-0.4, -0.2) is 24.3 Å². The predicted molar refractivity (Wildman–Crippen MR) is 69.5 cm³/mol. The summed E-state index contributed by atoms with van der Waals surface area (Å²) in [6, 6.07) is 4.90. The van der Waals surface area contributed by atoms with E-state index in [-0.39, 0.29) is 5.56 Å². The minimum absolute atomic E-state index is 0.143. The van der Waals surface area contributed by atoms with Gasteiger partial charge in [-0.1, -0.05) is 19.9 Å². The van der Waals surface area contributed by atoms with Gasteiger partial charge in [0, 0.05) is 0 Å². The van der Waals surface area contributed by atoms with Crippen LogP contribution < -0.4 is 9.47 Å². The topological polar surface area (TPSA) is 55.8 Å². The quantitative estimate of drug-likeness (QED) is 0.809. The van der Waals surface area contributed by atoms with Crippen LogP contribution in [0, 0.1) is 5.92 Å². The van der Waals surface area contributed by atoms with Crippen LogP contribution in [0.1, 0.15) is 37.6 Å². The van der Waals surface area contributed by atoms with Gasteiger partial charge in [-0.25, -0.2) is 4.79 Å². The summed E-state index contributed by atoms with van der Waals surface area (Å²) in [7, 11) is 0. The summed E-state index contributed by atoms with van der Waals surface area (Å²) in [5.74, 6) is 0.322. The second-order valence-corrected chi connectivity index (χ2v) is 4.40.